The Morgan fingerprint density at radius 1 is 1.29 bits per heavy atom. The number of hydrogen-bond donors (Lipinski definition) is 1. The van der Waals surface area contributed by atoms with Gasteiger partial charge in [-0.05, 0) is 50.3 Å². The largest absolute Gasteiger partial charge is 0.375 e. The van der Waals surface area contributed by atoms with Gasteiger partial charge in [0.2, 0.25) is 0 Å². The fraction of sp³-hybridized carbons (Fsp3) is 0.647. The van der Waals surface area contributed by atoms with Crippen LogP contribution in [0.3, 0.4) is 0 Å². The van der Waals surface area contributed by atoms with Gasteiger partial charge in [0, 0.05) is 28.7 Å². The van der Waals surface area contributed by atoms with Crippen LogP contribution < -0.4 is 5.32 Å². The second kappa shape index (κ2) is 6.45. The van der Waals surface area contributed by atoms with Gasteiger partial charge in [-0.2, -0.15) is 0 Å². The van der Waals surface area contributed by atoms with Crippen LogP contribution in [0.25, 0.3) is 0 Å². The molecule has 3 rings (SSSR count). The predicted molar refractivity (Wildman–Crippen MR) is 88.2 cm³/mol. The molecule has 2 atom stereocenters. The monoisotopic (exact) mass is 327 g/mol. The van der Waals surface area contributed by atoms with Crippen molar-refractivity contribution in [3.63, 3.8) is 0 Å². The third-order valence-electron chi connectivity index (χ3n) is 4.92. The molecule has 21 heavy (non-hydrogen) atoms. The van der Waals surface area contributed by atoms with E-state index in [4.69, 9.17) is 27.9 Å². The molecule has 2 fully saturated rings. The first kappa shape index (κ1) is 15.6. The van der Waals surface area contributed by atoms with E-state index in [1.54, 1.807) is 0 Å². The molecule has 0 bridgehead atoms. The fourth-order valence-electron chi connectivity index (χ4n) is 3.83. The molecule has 0 amide bonds. The zero-order valence-electron chi connectivity index (χ0n) is 12.5. The Hall–Kier alpha value is -0.280. The lowest BCUT2D eigenvalue weighted by Crippen LogP contribution is -2.46. The second-order valence-corrected chi connectivity index (χ2v) is 7.33. The Morgan fingerprint density at radius 3 is 2.76 bits per heavy atom. The van der Waals surface area contributed by atoms with Gasteiger partial charge in [-0.15, -0.1) is 0 Å². The first-order chi connectivity index (χ1) is 10.1. The van der Waals surface area contributed by atoms with Crippen molar-refractivity contribution in [3.8, 4) is 0 Å². The molecule has 4 heteroatoms. The van der Waals surface area contributed by atoms with Crippen molar-refractivity contribution in [2.45, 2.75) is 63.1 Å². The molecule has 1 heterocycles. The van der Waals surface area contributed by atoms with E-state index in [0.29, 0.717) is 11.1 Å². The first-order valence-electron chi connectivity index (χ1n) is 7.93. The van der Waals surface area contributed by atoms with Crippen LogP contribution in [-0.2, 0) is 4.74 Å². The Bertz CT molecular complexity index is 500. The highest BCUT2D eigenvalue weighted by Crippen LogP contribution is 2.40. The van der Waals surface area contributed by atoms with Crippen molar-refractivity contribution < 1.29 is 4.74 Å². The van der Waals surface area contributed by atoms with Gasteiger partial charge in [-0.3, -0.25) is 0 Å². The third kappa shape index (κ3) is 3.56. The molecule has 116 valence electrons. The van der Waals surface area contributed by atoms with Crippen molar-refractivity contribution >= 4 is 23.2 Å². The molecule has 2 unspecified atom stereocenters. The van der Waals surface area contributed by atoms with Crippen molar-refractivity contribution in [2.75, 3.05) is 6.61 Å². The Labute approximate surface area is 137 Å². The smallest absolute Gasteiger partial charge is 0.0697 e. The molecule has 1 aromatic carbocycles. The summed E-state index contributed by atoms with van der Waals surface area (Å²) in [5, 5.41) is 5.17. The van der Waals surface area contributed by atoms with Crippen LogP contribution in [0.4, 0.5) is 0 Å². The lowest BCUT2D eigenvalue weighted by atomic mass is 9.88. The summed E-state index contributed by atoms with van der Waals surface area (Å²) in [6, 6.07) is 6.49. The minimum atomic E-state index is 0.152. The molecule has 2 nitrogen and oxygen atoms in total. The quantitative estimate of drug-likeness (QED) is 0.830. The Kier molecular flexibility index (Phi) is 4.80. The number of hydrogen-bond acceptors (Lipinski definition) is 2. The first-order valence-corrected chi connectivity index (χ1v) is 8.69. The lowest BCUT2D eigenvalue weighted by molar-refractivity contribution is -0.0846. The van der Waals surface area contributed by atoms with Crippen LogP contribution in [0.1, 0.15) is 57.1 Å². The second-order valence-electron chi connectivity index (χ2n) is 6.48. The summed E-state index contributed by atoms with van der Waals surface area (Å²) in [5.41, 5.74) is 1.27. The van der Waals surface area contributed by atoms with Gasteiger partial charge in [0.25, 0.3) is 0 Å². The Balaban J connectivity index is 1.65. The van der Waals surface area contributed by atoms with Gasteiger partial charge in [-0.1, -0.05) is 42.1 Å². The molecular formula is C17H23Cl2NO. The van der Waals surface area contributed by atoms with Gasteiger partial charge < -0.3 is 10.1 Å². The highest BCUT2D eigenvalue weighted by molar-refractivity contribution is 6.35. The van der Waals surface area contributed by atoms with Gasteiger partial charge >= 0.3 is 0 Å². The van der Waals surface area contributed by atoms with Gasteiger partial charge in [0.15, 0.2) is 0 Å². The number of benzene rings is 1. The SMILES string of the molecule is CC(NC1CCOC2(CCCC2)C1)c1ccc(Cl)cc1Cl. The van der Waals surface area contributed by atoms with Crippen LogP contribution in [0, 0.1) is 0 Å². The van der Waals surface area contributed by atoms with Crippen LogP contribution >= 0.6 is 23.2 Å². The van der Waals surface area contributed by atoms with Crippen molar-refractivity contribution in [3.05, 3.63) is 33.8 Å². The van der Waals surface area contributed by atoms with Gasteiger partial charge in [-0.25, -0.2) is 0 Å². The normalized spacial score (nSPS) is 26.1. The number of ether oxygens (including phenoxy) is 1. The molecule has 1 spiro atoms. The summed E-state index contributed by atoms with van der Waals surface area (Å²) in [4.78, 5) is 0. The fourth-order valence-corrected chi connectivity index (χ4v) is 4.41. The highest BCUT2D eigenvalue weighted by Gasteiger charge is 2.40. The summed E-state index contributed by atoms with van der Waals surface area (Å²) in [7, 11) is 0. The number of halogens is 2. The standard InChI is InChI=1S/C17H23Cl2NO/c1-12(15-5-4-13(18)10-16(15)19)20-14-6-9-21-17(11-14)7-2-3-8-17/h4-5,10,12,14,20H,2-3,6-9,11H2,1H3. The van der Waals surface area contributed by atoms with E-state index in [1.165, 1.54) is 25.7 Å². The van der Waals surface area contributed by atoms with Crippen molar-refractivity contribution in [2.24, 2.45) is 0 Å². The highest BCUT2D eigenvalue weighted by atomic mass is 35.5. The maximum Gasteiger partial charge on any atom is 0.0697 e. The average molecular weight is 328 g/mol. The maximum absolute atomic E-state index is 6.31. The van der Waals surface area contributed by atoms with Crippen LogP contribution in [0.2, 0.25) is 10.0 Å². The molecule has 1 aliphatic carbocycles. The van der Waals surface area contributed by atoms with E-state index in [9.17, 15) is 0 Å². The van der Waals surface area contributed by atoms with E-state index >= 15 is 0 Å². The zero-order chi connectivity index (χ0) is 14.9. The third-order valence-corrected chi connectivity index (χ3v) is 5.48. The van der Waals surface area contributed by atoms with E-state index < -0.39 is 0 Å². The molecule has 1 saturated carbocycles. The van der Waals surface area contributed by atoms with Crippen molar-refractivity contribution in [1.29, 1.82) is 0 Å². The molecule has 0 aromatic heterocycles. The number of rotatable bonds is 3. The Morgan fingerprint density at radius 2 is 2.05 bits per heavy atom. The molecule has 0 radical (unpaired) electrons. The van der Waals surface area contributed by atoms with Crippen LogP contribution in [-0.4, -0.2) is 18.2 Å². The number of nitrogens with one attached hydrogen (secondary N) is 1. The zero-order valence-corrected chi connectivity index (χ0v) is 14.0. The summed E-state index contributed by atoms with van der Waals surface area (Å²) in [6.07, 6.45) is 7.28. The molecule has 1 aliphatic heterocycles. The lowest BCUT2D eigenvalue weighted by Gasteiger charge is -2.39. The van der Waals surface area contributed by atoms with E-state index in [-0.39, 0.29) is 11.6 Å². The molecule has 1 aromatic rings. The summed E-state index contributed by atoms with van der Waals surface area (Å²) < 4.78 is 6.10. The minimum Gasteiger partial charge on any atom is -0.375 e. The summed E-state index contributed by atoms with van der Waals surface area (Å²) >= 11 is 12.3. The van der Waals surface area contributed by atoms with Crippen LogP contribution in [0.15, 0.2) is 18.2 Å². The maximum atomic E-state index is 6.31. The summed E-state index contributed by atoms with van der Waals surface area (Å²) in [5.74, 6) is 0. The van der Waals surface area contributed by atoms with E-state index in [0.717, 1.165) is 30.0 Å². The van der Waals surface area contributed by atoms with E-state index in [2.05, 4.69) is 12.2 Å². The topological polar surface area (TPSA) is 21.3 Å². The minimum absolute atomic E-state index is 0.152. The van der Waals surface area contributed by atoms with E-state index in [1.807, 2.05) is 18.2 Å². The van der Waals surface area contributed by atoms with Crippen LogP contribution in [0.5, 0.6) is 0 Å². The molecule has 1 N–H and O–H groups in total. The van der Waals surface area contributed by atoms with Gasteiger partial charge in [0.05, 0.1) is 5.60 Å². The molecular weight excluding hydrogens is 305 g/mol. The van der Waals surface area contributed by atoms with Crippen molar-refractivity contribution in [1.82, 2.24) is 5.32 Å². The molecule has 2 aliphatic rings. The van der Waals surface area contributed by atoms with Gasteiger partial charge in [0.1, 0.15) is 0 Å². The molecule has 1 saturated heterocycles. The predicted octanol–water partition coefficient (Wildman–Crippen LogP) is 5.14. The average Bonchev–Trinajstić information content (AvgIpc) is 2.86. The summed E-state index contributed by atoms with van der Waals surface area (Å²) in [6.45, 7) is 3.05.